The van der Waals surface area contributed by atoms with Crippen LogP contribution >= 0.6 is 11.6 Å². The van der Waals surface area contributed by atoms with E-state index in [-0.39, 0.29) is 23.1 Å². The van der Waals surface area contributed by atoms with Gasteiger partial charge in [-0.1, -0.05) is 17.7 Å². The Kier molecular flexibility index (Phi) is 2.32. The third-order valence-electron chi connectivity index (χ3n) is 2.17. The van der Waals surface area contributed by atoms with Crippen molar-refractivity contribution in [3.63, 3.8) is 0 Å². The van der Waals surface area contributed by atoms with Crippen molar-refractivity contribution in [2.75, 3.05) is 0 Å². The predicted octanol–water partition coefficient (Wildman–Crippen LogP) is 2.24. The summed E-state index contributed by atoms with van der Waals surface area (Å²) in [5.41, 5.74) is 0.170. The SMILES string of the molecule is O=C1CC(c2cccc(Cl)c2[N+](=O)[O-])O1. The van der Waals surface area contributed by atoms with E-state index in [2.05, 4.69) is 0 Å². The molecule has 1 aromatic rings. The van der Waals surface area contributed by atoms with Crippen molar-refractivity contribution in [3.8, 4) is 0 Å². The topological polar surface area (TPSA) is 69.4 Å². The number of ether oxygens (including phenoxy) is 1. The van der Waals surface area contributed by atoms with E-state index in [1.54, 1.807) is 12.1 Å². The minimum atomic E-state index is -0.566. The number of hydrogen-bond acceptors (Lipinski definition) is 4. The molecule has 0 amide bonds. The van der Waals surface area contributed by atoms with E-state index in [0.717, 1.165) is 0 Å². The van der Waals surface area contributed by atoms with Crippen LogP contribution < -0.4 is 0 Å². The Morgan fingerprint density at radius 2 is 2.20 bits per heavy atom. The van der Waals surface area contributed by atoms with Gasteiger partial charge in [0.15, 0.2) is 0 Å². The zero-order chi connectivity index (χ0) is 11.0. The maximum Gasteiger partial charge on any atom is 0.310 e. The first-order chi connectivity index (χ1) is 7.09. The Hall–Kier alpha value is -1.62. The van der Waals surface area contributed by atoms with E-state index in [1.807, 2.05) is 0 Å². The summed E-state index contributed by atoms with van der Waals surface area (Å²) in [7, 11) is 0. The number of rotatable bonds is 2. The van der Waals surface area contributed by atoms with Gasteiger partial charge in [0, 0.05) is 0 Å². The highest BCUT2D eigenvalue weighted by Gasteiger charge is 2.35. The molecule has 1 saturated heterocycles. The molecule has 1 aromatic carbocycles. The Morgan fingerprint density at radius 1 is 1.53 bits per heavy atom. The van der Waals surface area contributed by atoms with Gasteiger partial charge in [-0.25, -0.2) is 0 Å². The second-order valence-electron chi connectivity index (χ2n) is 3.12. The quantitative estimate of drug-likeness (QED) is 0.441. The average Bonchev–Trinajstić information content (AvgIpc) is 2.12. The summed E-state index contributed by atoms with van der Waals surface area (Å²) in [6.45, 7) is 0. The van der Waals surface area contributed by atoms with Crippen molar-refractivity contribution in [3.05, 3.63) is 38.9 Å². The lowest BCUT2D eigenvalue weighted by Crippen LogP contribution is -2.25. The standard InChI is InChI=1S/C9H6ClNO4/c10-6-3-1-2-5(9(6)11(13)14)7-4-8(12)15-7/h1-3,7H,4H2. The van der Waals surface area contributed by atoms with Gasteiger partial charge < -0.3 is 4.74 Å². The van der Waals surface area contributed by atoms with Crippen LogP contribution in [0.3, 0.4) is 0 Å². The highest BCUT2D eigenvalue weighted by Crippen LogP contribution is 2.39. The Labute approximate surface area is 89.8 Å². The second-order valence-corrected chi connectivity index (χ2v) is 3.52. The summed E-state index contributed by atoms with van der Waals surface area (Å²) in [5, 5.41) is 10.8. The van der Waals surface area contributed by atoms with Crippen LogP contribution in [0.15, 0.2) is 18.2 Å². The van der Waals surface area contributed by atoms with Crippen LogP contribution in [0.25, 0.3) is 0 Å². The van der Waals surface area contributed by atoms with Crippen LogP contribution in [0.2, 0.25) is 5.02 Å². The number of para-hydroxylation sites is 1. The number of nitrogens with zero attached hydrogens (tertiary/aromatic N) is 1. The largest absolute Gasteiger partial charge is 0.456 e. The van der Waals surface area contributed by atoms with Crippen LogP contribution in [0.1, 0.15) is 18.1 Å². The van der Waals surface area contributed by atoms with E-state index in [0.29, 0.717) is 5.56 Å². The fraction of sp³-hybridized carbons (Fsp3) is 0.222. The predicted molar refractivity (Wildman–Crippen MR) is 51.6 cm³/mol. The maximum absolute atomic E-state index is 10.7. The smallest absolute Gasteiger partial charge is 0.310 e. The van der Waals surface area contributed by atoms with Crippen LogP contribution in [-0.2, 0) is 9.53 Å². The van der Waals surface area contributed by atoms with Gasteiger partial charge in [-0.3, -0.25) is 14.9 Å². The molecule has 1 aliphatic rings. The van der Waals surface area contributed by atoms with Gasteiger partial charge in [-0.05, 0) is 12.1 Å². The number of nitro groups is 1. The number of esters is 1. The summed E-state index contributed by atoms with van der Waals surface area (Å²) >= 11 is 5.70. The van der Waals surface area contributed by atoms with Crippen molar-refractivity contribution < 1.29 is 14.5 Å². The molecule has 0 aromatic heterocycles. The lowest BCUT2D eigenvalue weighted by molar-refractivity contribution is -0.386. The van der Waals surface area contributed by atoms with Crippen molar-refractivity contribution in [2.45, 2.75) is 12.5 Å². The van der Waals surface area contributed by atoms with Gasteiger partial charge in [0.2, 0.25) is 0 Å². The van der Waals surface area contributed by atoms with Crippen molar-refractivity contribution >= 4 is 23.3 Å². The van der Waals surface area contributed by atoms with Crippen LogP contribution in [0.4, 0.5) is 5.69 Å². The van der Waals surface area contributed by atoms with E-state index in [9.17, 15) is 14.9 Å². The number of benzene rings is 1. The van der Waals surface area contributed by atoms with E-state index < -0.39 is 11.0 Å². The molecule has 78 valence electrons. The van der Waals surface area contributed by atoms with Crippen molar-refractivity contribution in [2.24, 2.45) is 0 Å². The first kappa shape index (κ1) is 9.92. The molecule has 0 bridgehead atoms. The number of carbonyl (C=O) groups excluding carboxylic acids is 1. The summed E-state index contributed by atoms with van der Waals surface area (Å²) < 4.78 is 4.77. The lowest BCUT2D eigenvalue weighted by Gasteiger charge is -2.25. The van der Waals surface area contributed by atoms with Crippen molar-refractivity contribution in [1.29, 1.82) is 0 Å². The average molecular weight is 228 g/mol. The minimum absolute atomic E-state index is 0.0560. The first-order valence-corrected chi connectivity index (χ1v) is 4.59. The number of hydrogen-bond donors (Lipinski definition) is 0. The monoisotopic (exact) mass is 227 g/mol. The third kappa shape index (κ3) is 1.66. The highest BCUT2D eigenvalue weighted by molar-refractivity contribution is 6.32. The van der Waals surface area contributed by atoms with E-state index >= 15 is 0 Å². The molecule has 1 atom stereocenters. The first-order valence-electron chi connectivity index (χ1n) is 4.22. The zero-order valence-electron chi connectivity index (χ0n) is 7.47. The molecule has 0 N–H and O–H groups in total. The van der Waals surface area contributed by atoms with E-state index in [1.165, 1.54) is 6.07 Å². The molecule has 1 heterocycles. The molecular weight excluding hydrogens is 222 g/mol. The number of cyclic esters (lactones) is 1. The van der Waals surface area contributed by atoms with Crippen LogP contribution in [0.5, 0.6) is 0 Å². The molecule has 15 heavy (non-hydrogen) atoms. The molecule has 5 nitrogen and oxygen atoms in total. The molecule has 1 fully saturated rings. The summed E-state index contributed by atoms with van der Waals surface area (Å²) in [5.74, 6) is -0.353. The van der Waals surface area contributed by atoms with Gasteiger partial charge in [-0.2, -0.15) is 0 Å². The fourth-order valence-electron chi connectivity index (χ4n) is 1.46. The normalized spacial score (nSPS) is 19.3. The molecule has 1 aliphatic heterocycles. The molecule has 0 radical (unpaired) electrons. The summed E-state index contributed by atoms with van der Waals surface area (Å²) in [6.07, 6.45) is -0.363. The molecule has 1 unspecified atom stereocenters. The van der Waals surface area contributed by atoms with Gasteiger partial charge in [0.1, 0.15) is 11.1 Å². The fourth-order valence-corrected chi connectivity index (χ4v) is 1.71. The van der Waals surface area contributed by atoms with Gasteiger partial charge in [0.05, 0.1) is 16.9 Å². The minimum Gasteiger partial charge on any atom is -0.456 e. The molecular formula is C9H6ClNO4. The molecule has 0 aliphatic carbocycles. The molecule has 6 heteroatoms. The molecule has 0 saturated carbocycles. The highest BCUT2D eigenvalue weighted by atomic mass is 35.5. The molecule has 2 rings (SSSR count). The Balaban J connectivity index is 2.42. The Bertz CT molecular complexity index is 438. The Morgan fingerprint density at radius 3 is 2.73 bits per heavy atom. The number of halogens is 1. The second kappa shape index (κ2) is 3.51. The van der Waals surface area contributed by atoms with Crippen molar-refractivity contribution in [1.82, 2.24) is 0 Å². The third-order valence-corrected chi connectivity index (χ3v) is 2.48. The lowest BCUT2D eigenvalue weighted by atomic mass is 10.0. The summed E-state index contributed by atoms with van der Waals surface area (Å²) in [4.78, 5) is 20.8. The van der Waals surface area contributed by atoms with E-state index in [4.69, 9.17) is 16.3 Å². The van der Waals surface area contributed by atoms with Gasteiger partial charge in [0.25, 0.3) is 5.69 Å². The van der Waals surface area contributed by atoms with Crippen LogP contribution in [-0.4, -0.2) is 10.9 Å². The van der Waals surface area contributed by atoms with Gasteiger partial charge in [-0.15, -0.1) is 0 Å². The van der Waals surface area contributed by atoms with Crippen LogP contribution in [0, 0.1) is 10.1 Å². The van der Waals surface area contributed by atoms with Gasteiger partial charge >= 0.3 is 5.97 Å². The summed E-state index contributed by atoms with van der Waals surface area (Å²) in [6, 6.07) is 4.57. The number of carbonyl (C=O) groups is 1. The molecule has 0 spiro atoms. The zero-order valence-corrected chi connectivity index (χ0v) is 8.23. The maximum atomic E-state index is 10.7. The number of nitro benzene ring substituents is 1.